The summed E-state index contributed by atoms with van der Waals surface area (Å²) < 4.78 is 0. The smallest absolute Gasteiger partial charge is 0.0395 e. The Morgan fingerprint density at radius 2 is 1.57 bits per heavy atom. The van der Waals surface area contributed by atoms with E-state index in [9.17, 15) is 0 Å². The van der Waals surface area contributed by atoms with Gasteiger partial charge < -0.3 is 10.6 Å². The molecule has 0 bridgehead atoms. The molecule has 2 nitrogen and oxygen atoms in total. The Morgan fingerprint density at radius 1 is 0.952 bits per heavy atom. The van der Waals surface area contributed by atoms with Crippen molar-refractivity contribution in [1.82, 2.24) is 0 Å². The number of hydrogen-bond donors (Lipinski definition) is 1. The number of anilines is 1. The monoisotopic (exact) mass is 282 g/mol. The van der Waals surface area contributed by atoms with Crippen LogP contribution in [0.15, 0.2) is 48.5 Å². The molecular weight excluding hydrogens is 256 g/mol. The van der Waals surface area contributed by atoms with E-state index in [4.69, 9.17) is 5.73 Å². The van der Waals surface area contributed by atoms with E-state index in [-0.39, 0.29) is 6.04 Å². The fourth-order valence-electron chi connectivity index (χ4n) is 2.82. The highest BCUT2D eigenvalue weighted by Gasteiger charge is 2.12. The summed E-state index contributed by atoms with van der Waals surface area (Å²) in [6.07, 6.45) is 0.965. The second kappa shape index (κ2) is 7.28. The van der Waals surface area contributed by atoms with Gasteiger partial charge in [-0.15, -0.1) is 0 Å². The molecule has 0 aliphatic carbocycles. The Labute approximate surface area is 128 Å². The molecule has 0 aromatic heterocycles. The Kier molecular flexibility index (Phi) is 5.40. The molecule has 0 aliphatic heterocycles. The first kappa shape index (κ1) is 15.6. The maximum Gasteiger partial charge on any atom is 0.0395 e. The van der Waals surface area contributed by atoms with Gasteiger partial charge in [-0.2, -0.15) is 0 Å². The molecule has 1 unspecified atom stereocenters. The van der Waals surface area contributed by atoms with Gasteiger partial charge in [-0.1, -0.05) is 42.5 Å². The third-order valence-corrected chi connectivity index (χ3v) is 4.14. The number of rotatable bonds is 6. The van der Waals surface area contributed by atoms with Crippen molar-refractivity contribution in [1.29, 1.82) is 0 Å². The van der Waals surface area contributed by atoms with E-state index < -0.39 is 0 Å². The standard InChI is InChI=1S/C19H26N2/c1-4-21(19-12-8-6-10-16(19)3)14-13-18(20)17-11-7-5-9-15(17)2/h5-12,18H,4,13-14,20H2,1-3H3. The third-order valence-electron chi connectivity index (χ3n) is 4.14. The molecule has 0 fully saturated rings. The maximum absolute atomic E-state index is 6.39. The zero-order valence-electron chi connectivity index (χ0n) is 13.3. The average molecular weight is 282 g/mol. The van der Waals surface area contributed by atoms with Crippen molar-refractivity contribution in [3.63, 3.8) is 0 Å². The second-order valence-corrected chi connectivity index (χ2v) is 5.62. The summed E-state index contributed by atoms with van der Waals surface area (Å²) in [4.78, 5) is 2.41. The third kappa shape index (κ3) is 3.85. The second-order valence-electron chi connectivity index (χ2n) is 5.62. The summed E-state index contributed by atoms with van der Waals surface area (Å²) in [7, 11) is 0. The minimum atomic E-state index is 0.101. The number of para-hydroxylation sites is 1. The number of nitrogens with two attached hydrogens (primary N) is 1. The molecule has 0 radical (unpaired) electrons. The van der Waals surface area contributed by atoms with Crippen molar-refractivity contribution in [2.75, 3.05) is 18.0 Å². The highest BCUT2D eigenvalue weighted by molar-refractivity contribution is 5.52. The van der Waals surface area contributed by atoms with Gasteiger partial charge in [-0.3, -0.25) is 0 Å². The zero-order chi connectivity index (χ0) is 15.2. The van der Waals surface area contributed by atoms with Gasteiger partial charge in [-0.25, -0.2) is 0 Å². The van der Waals surface area contributed by atoms with E-state index in [2.05, 4.69) is 74.2 Å². The summed E-state index contributed by atoms with van der Waals surface area (Å²) in [5.41, 5.74) is 11.6. The molecule has 2 rings (SSSR count). The number of benzene rings is 2. The SMILES string of the molecule is CCN(CCC(N)c1ccccc1C)c1ccccc1C. The molecule has 0 spiro atoms. The van der Waals surface area contributed by atoms with Gasteiger partial charge >= 0.3 is 0 Å². The fraction of sp³-hybridized carbons (Fsp3) is 0.368. The maximum atomic E-state index is 6.39. The highest BCUT2D eigenvalue weighted by Crippen LogP contribution is 2.22. The number of hydrogen-bond acceptors (Lipinski definition) is 2. The van der Waals surface area contributed by atoms with Gasteiger partial charge in [0.05, 0.1) is 0 Å². The molecule has 112 valence electrons. The minimum absolute atomic E-state index is 0.101. The molecule has 2 N–H and O–H groups in total. The topological polar surface area (TPSA) is 29.3 Å². The molecule has 0 saturated carbocycles. The van der Waals surface area contributed by atoms with Gasteiger partial charge in [0, 0.05) is 24.8 Å². The Morgan fingerprint density at radius 3 is 2.19 bits per heavy atom. The van der Waals surface area contributed by atoms with Crippen LogP contribution in [0, 0.1) is 13.8 Å². The van der Waals surface area contributed by atoms with Crippen LogP contribution in [0.2, 0.25) is 0 Å². The number of aryl methyl sites for hydroxylation is 2. The van der Waals surface area contributed by atoms with Crippen LogP contribution in [-0.2, 0) is 0 Å². The Balaban J connectivity index is 2.04. The van der Waals surface area contributed by atoms with E-state index in [0.29, 0.717) is 0 Å². The minimum Gasteiger partial charge on any atom is -0.372 e. The van der Waals surface area contributed by atoms with Crippen molar-refractivity contribution in [2.24, 2.45) is 5.73 Å². The van der Waals surface area contributed by atoms with E-state index in [1.165, 1.54) is 22.4 Å². The van der Waals surface area contributed by atoms with E-state index in [1.807, 2.05) is 0 Å². The van der Waals surface area contributed by atoms with Gasteiger partial charge in [0.2, 0.25) is 0 Å². The average Bonchev–Trinajstić information content (AvgIpc) is 2.49. The van der Waals surface area contributed by atoms with Crippen molar-refractivity contribution < 1.29 is 0 Å². The molecule has 0 heterocycles. The van der Waals surface area contributed by atoms with Crippen LogP contribution < -0.4 is 10.6 Å². The first-order valence-corrected chi connectivity index (χ1v) is 7.75. The van der Waals surface area contributed by atoms with Gasteiger partial charge in [0.25, 0.3) is 0 Å². The molecule has 2 aromatic rings. The van der Waals surface area contributed by atoms with Crippen LogP contribution in [0.5, 0.6) is 0 Å². The lowest BCUT2D eigenvalue weighted by Crippen LogP contribution is -2.27. The highest BCUT2D eigenvalue weighted by atomic mass is 15.1. The predicted octanol–water partition coefficient (Wildman–Crippen LogP) is 4.22. The zero-order valence-corrected chi connectivity index (χ0v) is 13.3. The summed E-state index contributed by atoms with van der Waals surface area (Å²) >= 11 is 0. The summed E-state index contributed by atoms with van der Waals surface area (Å²) in [6, 6.07) is 17.1. The number of nitrogens with zero attached hydrogens (tertiary/aromatic N) is 1. The fourth-order valence-corrected chi connectivity index (χ4v) is 2.82. The molecule has 0 aliphatic rings. The molecule has 1 atom stereocenters. The summed E-state index contributed by atoms with van der Waals surface area (Å²) in [5.74, 6) is 0. The van der Waals surface area contributed by atoms with Crippen LogP contribution in [0.1, 0.15) is 36.1 Å². The Hall–Kier alpha value is -1.80. The van der Waals surface area contributed by atoms with E-state index >= 15 is 0 Å². The molecule has 21 heavy (non-hydrogen) atoms. The van der Waals surface area contributed by atoms with Crippen molar-refractivity contribution in [3.05, 3.63) is 65.2 Å². The Bertz CT molecular complexity index is 577. The van der Waals surface area contributed by atoms with Crippen molar-refractivity contribution in [3.8, 4) is 0 Å². The van der Waals surface area contributed by atoms with Crippen LogP contribution >= 0.6 is 0 Å². The van der Waals surface area contributed by atoms with E-state index in [1.54, 1.807) is 0 Å². The van der Waals surface area contributed by atoms with Gasteiger partial charge in [-0.05, 0) is 49.9 Å². The lowest BCUT2D eigenvalue weighted by atomic mass is 9.99. The summed E-state index contributed by atoms with van der Waals surface area (Å²) in [6.45, 7) is 8.49. The summed E-state index contributed by atoms with van der Waals surface area (Å²) in [5, 5.41) is 0. The van der Waals surface area contributed by atoms with Crippen LogP contribution in [-0.4, -0.2) is 13.1 Å². The van der Waals surface area contributed by atoms with E-state index in [0.717, 1.165) is 19.5 Å². The van der Waals surface area contributed by atoms with Gasteiger partial charge in [0.1, 0.15) is 0 Å². The lowest BCUT2D eigenvalue weighted by Gasteiger charge is -2.26. The van der Waals surface area contributed by atoms with Crippen LogP contribution in [0.25, 0.3) is 0 Å². The molecule has 2 aromatic carbocycles. The first-order chi connectivity index (χ1) is 10.1. The lowest BCUT2D eigenvalue weighted by molar-refractivity contribution is 0.629. The first-order valence-electron chi connectivity index (χ1n) is 7.75. The van der Waals surface area contributed by atoms with Crippen molar-refractivity contribution >= 4 is 5.69 Å². The largest absolute Gasteiger partial charge is 0.372 e. The van der Waals surface area contributed by atoms with Crippen LogP contribution in [0.4, 0.5) is 5.69 Å². The molecule has 0 saturated heterocycles. The predicted molar refractivity (Wildman–Crippen MR) is 91.8 cm³/mol. The van der Waals surface area contributed by atoms with Crippen molar-refractivity contribution in [2.45, 2.75) is 33.2 Å². The van der Waals surface area contributed by atoms with Crippen LogP contribution in [0.3, 0.4) is 0 Å². The molecular formula is C19H26N2. The molecule has 2 heteroatoms. The molecule has 0 amide bonds. The van der Waals surface area contributed by atoms with Gasteiger partial charge in [0.15, 0.2) is 0 Å². The quantitative estimate of drug-likeness (QED) is 0.859. The normalized spacial score (nSPS) is 12.2.